The number of para-hydroxylation sites is 1. The number of hydrogen-bond donors (Lipinski definition) is 0. The maximum absolute atomic E-state index is 4.58. The second-order valence-electron chi connectivity index (χ2n) is 6.79. The summed E-state index contributed by atoms with van der Waals surface area (Å²) in [6, 6.07) is 21.6. The molecule has 1 atom stereocenters. The highest BCUT2D eigenvalue weighted by Gasteiger charge is 2.28. The molecule has 4 heteroatoms. The van der Waals surface area contributed by atoms with Crippen molar-refractivity contribution in [3.05, 3.63) is 78.1 Å². The highest BCUT2D eigenvalue weighted by molar-refractivity contribution is 5.70. The molecule has 4 nitrogen and oxygen atoms in total. The van der Waals surface area contributed by atoms with Gasteiger partial charge in [0.2, 0.25) is 0 Å². The Labute approximate surface area is 155 Å². The second-order valence-corrected chi connectivity index (χ2v) is 6.79. The van der Waals surface area contributed by atoms with Gasteiger partial charge in [0.1, 0.15) is 18.0 Å². The van der Waals surface area contributed by atoms with E-state index >= 15 is 0 Å². The zero-order valence-corrected chi connectivity index (χ0v) is 15.3. The van der Waals surface area contributed by atoms with Crippen LogP contribution in [0.1, 0.15) is 25.0 Å². The molecule has 0 N–H and O–H groups in total. The smallest absolute Gasteiger partial charge is 0.138 e. The van der Waals surface area contributed by atoms with Crippen molar-refractivity contribution in [1.29, 1.82) is 0 Å². The molecule has 4 rings (SSSR count). The number of nitrogens with zero attached hydrogens (tertiary/aromatic N) is 4. The molecule has 1 aliphatic heterocycles. The first kappa shape index (κ1) is 16.6. The first-order valence-corrected chi connectivity index (χ1v) is 9.24. The molecule has 2 heterocycles. The van der Waals surface area contributed by atoms with E-state index in [9.17, 15) is 0 Å². The van der Waals surface area contributed by atoms with Gasteiger partial charge >= 0.3 is 0 Å². The number of aromatic nitrogens is 2. The van der Waals surface area contributed by atoms with Gasteiger partial charge in [0.15, 0.2) is 0 Å². The number of anilines is 3. The fourth-order valence-corrected chi connectivity index (χ4v) is 3.72. The standard InChI is InChI=1S/C22H24N4/c1-3-25(15-18-9-5-4-6-10-18)21-14-22(24-16-23-21)26-17(2)13-19-11-7-8-12-20(19)26/h4-12,14,16-17H,3,13,15H2,1-2H3. The van der Waals surface area contributed by atoms with Crippen LogP contribution in [0.3, 0.4) is 0 Å². The number of fused-ring (bicyclic) bond motifs is 1. The first-order valence-electron chi connectivity index (χ1n) is 9.24. The summed E-state index contributed by atoms with van der Waals surface area (Å²) >= 11 is 0. The summed E-state index contributed by atoms with van der Waals surface area (Å²) in [5.74, 6) is 1.94. The molecule has 1 unspecified atom stereocenters. The summed E-state index contributed by atoms with van der Waals surface area (Å²) in [4.78, 5) is 13.7. The van der Waals surface area contributed by atoms with Gasteiger partial charge in [-0.15, -0.1) is 0 Å². The summed E-state index contributed by atoms with van der Waals surface area (Å²) in [6.45, 7) is 6.17. The lowest BCUT2D eigenvalue weighted by atomic mass is 10.1. The van der Waals surface area contributed by atoms with Gasteiger partial charge in [-0.3, -0.25) is 0 Å². The predicted molar refractivity (Wildman–Crippen MR) is 107 cm³/mol. The molecule has 0 aliphatic carbocycles. The SMILES string of the molecule is CCN(Cc1ccccc1)c1cc(N2c3ccccc3CC2C)ncn1. The van der Waals surface area contributed by atoms with Gasteiger partial charge in [-0.05, 0) is 37.5 Å². The van der Waals surface area contributed by atoms with E-state index in [1.807, 2.05) is 0 Å². The fourth-order valence-electron chi connectivity index (χ4n) is 3.72. The van der Waals surface area contributed by atoms with Gasteiger partial charge in [-0.2, -0.15) is 0 Å². The summed E-state index contributed by atoms with van der Waals surface area (Å²) in [7, 11) is 0. The zero-order valence-electron chi connectivity index (χ0n) is 15.3. The van der Waals surface area contributed by atoms with Crippen molar-refractivity contribution in [3.63, 3.8) is 0 Å². The van der Waals surface area contributed by atoms with Crippen LogP contribution in [0.5, 0.6) is 0 Å². The van der Waals surface area contributed by atoms with Crippen molar-refractivity contribution in [1.82, 2.24) is 9.97 Å². The molecule has 132 valence electrons. The lowest BCUT2D eigenvalue weighted by molar-refractivity contribution is 0.746. The Kier molecular flexibility index (Phi) is 4.57. The molecule has 0 amide bonds. The van der Waals surface area contributed by atoms with Gasteiger partial charge < -0.3 is 9.80 Å². The van der Waals surface area contributed by atoms with Gasteiger partial charge in [0, 0.05) is 30.9 Å². The van der Waals surface area contributed by atoms with Gasteiger partial charge in [-0.25, -0.2) is 9.97 Å². The van der Waals surface area contributed by atoms with E-state index in [-0.39, 0.29) is 0 Å². The van der Waals surface area contributed by atoms with Crippen LogP contribution in [0.2, 0.25) is 0 Å². The number of benzene rings is 2. The Morgan fingerprint density at radius 3 is 2.62 bits per heavy atom. The van der Waals surface area contributed by atoms with E-state index < -0.39 is 0 Å². The Morgan fingerprint density at radius 1 is 1.04 bits per heavy atom. The minimum absolute atomic E-state index is 0.402. The molecule has 2 aromatic carbocycles. The molecule has 1 aliphatic rings. The molecule has 0 radical (unpaired) electrons. The average molecular weight is 344 g/mol. The van der Waals surface area contributed by atoms with Crippen molar-refractivity contribution in [3.8, 4) is 0 Å². The normalized spacial score (nSPS) is 15.8. The quantitative estimate of drug-likeness (QED) is 0.678. The Morgan fingerprint density at radius 2 is 1.81 bits per heavy atom. The monoisotopic (exact) mass is 344 g/mol. The third-order valence-corrected chi connectivity index (χ3v) is 5.01. The van der Waals surface area contributed by atoms with Crippen LogP contribution in [-0.2, 0) is 13.0 Å². The van der Waals surface area contributed by atoms with Crippen molar-refractivity contribution in [2.24, 2.45) is 0 Å². The molecule has 0 saturated heterocycles. The topological polar surface area (TPSA) is 32.3 Å². The van der Waals surface area contributed by atoms with Crippen LogP contribution in [-0.4, -0.2) is 22.6 Å². The third-order valence-electron chi connectivity index (χ3n) is 5.01. The largest absolute Gasteiger partial charge is 0.352 e. The van der Waals surface area contributed by atoms with E-state index in [0.717, 1.165) is 31.1 Å². The van der Waals surface area contributed by atoms with E-state index in [0.29, 0.717) is 6.04 Å². The Bertz CT molecular complexity index is 878. The lowest BCUT2D eigenvalue weighted by Gasteiger charge is -2.26. The van der Waals surface area contributed by atoms with Gasteiger partial charge in [-0.1, -0.05) is 48.5 Å². The maximum Gasteiger partial charge on any atom is 0.138 e. The summed E-state index contributed by atoms with van der Waals surface area (Å²) in [6.07, 6.45) is 2.74. The molecule has 0 fully saturated rings. The maximum atomic E-state index is 4.58. The van der Waals surface area contributed by atoms with Crippen molar-refractivity contribution >= 4 is 17.3 Å². The lowest BCUT2D eigenvalue weighted by Crippen LogP contribution is -2.27. The van der Waals surface area contributed by atoms with Crippen LogP contribution in [0.15, 0.2) is 67.0 Å². The Hall–Kier alpha value is -2.88. The third kappa shape index (κ3) is 3.15. The van der Waals surface area contributed by atoms with E-state index in [2.05, 4.69) is 94.3 Å². The molecule has 3 aromatic rings. The summed E-state index contributed by atoms with van der Waals surface area (Å²) in [5, 5.41) is 0. The molecule has 1 aromatic heterocycles. The number of hydrogen-bond acceptors (Lipinski definition) is 4. The number of rotatable bonds is 5. The van der Waals surface area contributed by atoms with Crippen molar-refractivity contribution < 1.29 is 0 Å². The summed E-state index contributed by atoms with van der Waals surface area (Å²) < 4.78 is 0. The van der Waals surface area contributed by atoms with Crippen LogP contribution in [0.25, 0.3) is 0 Å². The predicted octanol–water partition coefficient (Wildman–Crippen LogP) is 4.59. The second kappa shape index (κ2) is 7.16. The molecule has 0 bridgehead atoms. The van der Waals surface area contributed by atoms with Crippen LogP contribution in [0, 0.1) is 0 Å². The van der Waals surface area contributed by atoms with E-state index in [4.69, 9.17) is 0 Å². The van der Waals surface area contributed by atoms with Crippen molar-refractivity contribution in [2.75, 3.05) is 16.3 Å². The molecule has 0 saturated carbocycles. The first-order chi connectivity index (χ1) is 12.8. The minimum atomic E-state index is 0.402. The van der Waals surface area contributed by atoms with Crippen LogP contribution < -0.4 is 9.80 Å². The van der Waals surface area contributed by atoms with Crippen LogP contribution in [0.4, 0.5) is 17.3 Å². The molecule has 0 spiro atoms. The van der Waals surface area contributed by atoms with Crippen LogP contribution >= 0.6 is 0 Å². The zero-order chi connectivity index (χ0) is 17.9. The highest BCUT2D eigenvalue weighted by Crippen LogP contribution is 2.37. The molecular weight excluding hydrogens is 320 g/mol. The van der Waals surface area contributed by atoms with E-state index in [1.54, 1.807) is 6.33 Å². The van der Waals surface area contributed by atoms with Gasteiger partial charge in [0.25, 0.3) is 0 Å². The van der Waals surface area contributed by atoms with Crippen molar-refractivity contribution in [2.45, 2.75) is 32.9 Å². The average Bonchev–Trinajstić information content (AvgIpc) is 3.02. The fraction of sp³-hybridized carbons (Fsp3) is 0.273. The highest BCUT2D eigenvalue weighted by atomic mass is 15.3. The minimum Gasteiger partial charge on any atom is -0.352 e. The molecule has 26 heavy (non-hydrogen) atoms. The summed E-state index contributed by atoms with van der Waals surface area (Å²) in [5.41, 5.74) is 3.93. The molecular formula is C22H24N4. The Balaban J connectivity index is 1.64. The van der Waals surface area contributed by atoms with Gasteiger partial charge in [0.05, 0.1) is 0 Å². The van der Waals surface area contributed by atoms with E-state index in [1.165, 1.54) is 16.8 Å².